The minimum atomic E-state index is -4.33. The van der Waals surface area contributed by atoms with Gasteiger partial charge in [0.15, 0.2) is 0 Å². The van der Waals surface area contributed by atoms with Crippen LogP contribution >= 0.6 is 0 Å². The van der Waals surface area contributed by atoms with Crippen LogP contribution in [-0.2, 0) is 6.18 Å². The van der Waals surface area contributed by atoms with Crippen molar-refractivity contribution in [2.24, 2.45) is 0 Å². The second kappa shape index (κ2) is 5.83. The SMILES string of the molecule is CC(Nc1ccc(C#N)cn1)c1ccc(C(F)(F)F)cc1. The van der Waals surface area contributed by atoms with Crippen LogP contribution in [0.4, 0.5) is 19.0 Å². The van der Waals surface area contributed by atoms with Gasteiger partial charge in [-0.05, 0) is 36.8 Å². The van der Waals surface area contributed by atoms with E-state index in [4.69, 9.17) is 5.26 Å². The van der Waals surface area contributed by atoms with Crippen molar-refractivity contribution >= 4 is 5.82 Å². The third kappa shape index (κ3) is 3.72. The zero-order chi connectivity index (χ0) is 15.5. The van der Waals surface area contributed by atoms with E-state index in [1.807, 2.05) is 13.0 Å². The van der Waals surface area contributed by atoms with Crippen molar-refractivity contribution in [2.45, 2.75) is 19.1 Å². The molecule has 1 aromatic carbocycles. The van der Waals surface area contributed by atoms with Gasteiger partial charge in [0.1, 0.15) is 11.9 Å². The number of rotatable bonds is 3. The number of halogens is 3. The van der Waals surface area contributed by atoms with Crippen LogP contribution in [0.15, 0.2) is 42.6 Å². The Kier molecular flexibility index (Phi) is 4.13. The number of hydrogen-bond acceptors (Lipinski definition) is 3. The molecule has 21 heavy (non-hydrogen) atoms. The first kappa shape index (κ1) is 14.9. The molecule has 0 amide bonds. The van der Waals surface area contributed by atoms with E-state index >= 15 is 0 Å². The van der Waals surface area contributed by atoms with Gasteiger partial charge in [-0.15, -0.1) is 0 Å². The van der Waals surface area contributed by atoms with E-state index in [-0.39, 0.29) is 6.04 Å². The quantitative estimate of drug-likeness (QED) is 0.924. The Hall–Kier alpha value is -2.55. The summed E-state index contributed by atoms with van der Waals surface area (Å²) in [6.07, 6.45) is -2.90. The monoisotopic (exact) mass is 291 g/mol. The summed E-state index contributed by atoms with van der Waals surface area (Å²) in [6, 6.07) is 10.0. The Morgan fingerprint density at radius 1 is 1.14 bits per heavy atom. The number of aromatic nitrogens is 1. The van der Waals surface area contributed by atoms with E-state index in [9.17, 15) is 13.2 Å². The van der Waals surface area contributed by atoms with Crippen LogP contribution in [0.2, 0.25) is 0 Å². The van der Waals surface area contributed by atoms with Gasteiger partial charge in [-0.3, -0.25) is 0 Å². The van der Waals surface area contributed by atoms with Gasteiger partial charge in [0.2, 0.25) is 0 Å². The number of alkyl halides is 3. The maximum absolute atomic E-state index is 12.5. The van der Waals surface area contributed by atoms with Crippen molar-refractivity contribution in [3.63, 3.8) is 0 Å². The molecule has 0 aliphatic heterocycles. The van der Waals surface area contributed by atoms with Gasteiger partial charge in [-0.1, -0.05) is 12.1 Å². The largest absolute Gasteiger partial charge is 0.416 e. The molecule has 2 aromatic rings. The summed E-state index contributed by atoms with van der Waals surface area (Å²) >= 11 is 0. The van der Waals surface area contributed by atoms with Crippen LogP contribution in [0.3, 0.4) is 0 Å². The highest BCUT2D eigenvalue weighted by Crippen LogP contribution is 2.30. The molecule has 1 N–H and O–H groups in total. The number of nitrogens with one attached hydrogen (secondary N) is 1. The molecule has 1 unspecified atom stereocenters. The van der Waals surface area contributed by atoms with E-state index in [1.54, 1.807) is 12.1 Å². The number of nitriles is 1. The third-order valence-electron chi connectivity index (χ3n) is 2.99. The Labute approximate surface area is 120 Å². The van der Waals surface area contributed by atoms with E-state index in [2.05, 4.69) is 10.3 Å². The van der Waals surface area contributed by atoms with Crippen LogP contribution in [0, 0.1) is 11.3 Å². The summed E-state index contributed by atoms with van der Waals surface area (Å²) in [4.78, 5) is 4.06. The fourth-order valence-electron chi connectivity index (χ4n) is 1.81. The first-order valence-electron chi connectivity index (χ1n) is 6.20. The van der Waals surface area contributed by atoms with Gasteiger partial charge in [0.05, 0.1) is 11.1 Å². The second-order valence-electron chi connectivity index (χ2n) is 4.53. The molecule has 0 spiro atoms. The van der Waals surface area contributed by atoms with Gasteiger partial charge in [0, 0.05) is 12.2 Å². The molecule has 0 saturated heterocycles. The van der Waals surface area contributed by atoms with Crippen LogP contribution in [-0.4, -0.2) is 4.98 Å². The normalized spacial score (nSPS) is 12.5. The van der Waals surface area contributed by atoms with Crippen molar-refractivity contribution in [2.75, 3.05) is 5.32 Å². The molecule has 1 atom stereocenters. The Morgan fingerprint density at radius 3 is 2.29 bits per heavy atom. The van der Waals surface area contributed by atoms with Gasteiger partial charge in [0.25, 0.3) is 0 Å². The molecule has 0 aliphatic rings. The van der Waals surface area contributed by atoms with Crippen LogP contribution < -0.4 is 5.32 Å². The molecule has 0 aliphatic carbocycles. The van der Waals surface area contributed by atoms with Gasteiger partial charge in [-0.25, -0.2) is 4.98 Å². The highest BCUT2D eigenvalue weighted by molar-refractivity contribution is 5.41. The number of nitrogens with zero attached hydrogens (tertiary/aromatic N) is 2. The number of anilines is 1. The van der Waals surface area contributed by atoms with Gasteiger partial charge < -0.3 is 5.32 Å². The van der Waals surface area contributed by atoms with E-state index in [1.165, 1.54) is 18.3 Å². The zero-order valence-electron chi connectivity index (χ0n) is 11.1. The lowest BCUT2D eigenvalue weighted by atomic mass is 10.1. The summed E-state index contributed by atoms with van der Waals surface area (Å²) in [6.45, 7) is 1.82. The molecular weight excluding hydrogens is 279 g/mol. The highest BCUT2D eigenvalue weighted by atomic mass is 19.4. The summed E-state index contributed by atoms with van der Waals surface area (Å²) < 4.78 is 37.5. The number of benzene rings is 1. The molecule has 2 rings (SSSR count). The zero-order valence-corrected chi connectivity index (χ0v) is 11.1. The number of hydrogen-bond donors (Lipinski definition) is 1. The smallest absolute Gasteiger partial charge is 0.364 e. The Balaban J connectivity index is 2.09. The predicted molar refractivity (Wildman–Crippen MR) is 72.4 cm³/mol. The molecule has 3 nitrogen and oxygen atoms in total. The summed E-state index contributed by atoms with van der Waals surface area (Å²) in [5, 5.41) is 11.7. The average molecular weight is 291 g/mol. The third-order valence-corrected chi connectivity index (χ3v) is 2.99. The van der Waals surface area contributed by atoms with E-state index in [0.717, 1.165) is 12.1 Å². The first-order chi connectivity index (χ1) is 9.90. The molecule has 0 saturated carbocycles. The van der Waals surface area contributed by atoms with Crippen molar-refractivity contribution in [3.05, 3.63) is 59.3 Å². The van der Waals surface area contributed by atoms with Crippen LogP contribution in [0.25, 0.3) is 0 Å². The van der Waals surface area contributed by atoms with Crippen LogP contribution in [0.1, 0.15) is 29.7 Å². The molecule has 108 valence electrons. The summed E-state index contributed by atoms with van der Waals surface area (Å²) in [7, 11) is 0. The Bertz CT molecular complexity index is 640. The lowest BCUT2D eigenvalue weighted by Crippen LogP contribution is -2.09. The number of pyridine rings is 1. The lowest BCUT2D eigenvalue weighted by Gasteiger charge is -2.16. The first-order valence-corrected chi connectivity index (χ1v) is 6.20. The molecule has 0 bridgehead atoms. The van der Waals surface area contributed by atoms with Crippen molar-refractivity contribution in [3.8, 4) is 6.07 Å². The van der Waals surface area contributed by atoms with Gasteiger partial charge >= 0.3 is 6.18 Å². The Morgan fingerprint density at radius 2 is 1.81 bits per heavy atom. The van der Waals surface area contributed by atoms with E-state index in [0.29, 0.717) is 16.9 Å². The highest BCUT2D eigenvalue weighted by Gasteiger charge is 2.30. The minimum Gasteiger partial charge on any atom is -0.364 e. The average Bonchev–Trinajstić information content (AvgIpc) is 2.47. The molecule has 1 aromatic heterocycles. The molecule has 0 fully saturated rings. The standard InChI is InChI=1S/C15H12F3N3/c1-10(21-14-7-2-11(8-19)9-20-14)12-3-5-13(6-4-12)15(16,17)18/h2-7,9-10H,1H3,(H,20,21). The maximum Gasteiger partial charge on any atom is 0.416 e. The minimum absolute atomic E-state index is 0.201. The molecule has 6 heteroatoms. The fourth-order valence-corrected chi connectivity index (χ4v) is 1.81. The maximum atomic E-state index is 12.5. The molecule has 1 heterocycles. The fraction of sp³-hybridized carbons (Fsp3) is 0.200. The lowest BCUT2D eigenvalue weighted by molar-refractivity contribution is -0.137. The van der Waals surface area contributed by atoms with Crippen molar-refractivity contribution in [1.82, 2.24) is 4.98 Å². The van der Waals surface area contributed by atoms with Crippen LogP contribution in [0.5, 0.6) is 0 Å². The molecule has 0 radical (unpaired) electrons. The second-order valence-corrected chi connectivity index (χ2v) is 4.53. The predicted octanol–water partition coefficient (Wildman–Crippen LogP) is 4.15. The summed E-state index contributed by atoms with van der Waals surface area (Å²) in [5.74, 6) is 0.557. The molecular formula is C15H12F3N3. The summed E-state index contributed by atoms with van der Waals surface area (Å²) in [5.41, 5.74) is 0.492. The van der Waals surface area contributed by atoms with E-state index < -0.39 is 11.7 Å². The van der Waals surface area contributed by atoms with Crippen molar-refractivity contribution in [1.29, 1.82) is 5.26 Å². The topological polar surface area (TPSA) is 48.7 Å². The van der Waals surface area contributed by atoms with Gasteiger partial charge in [-0.2, -0.15) is 18.4 Å². The van der Waals surface area contributed by atoms with Crippen molar-refractivity contribution < 1.29 is 13.2 Å².